The van der Waals surface area contributed by atoms with E-state index < -0.39 is 0 Å². The van der Waals surface area contributed by atoms with E-state index in [0.29, 0.717) is 17.0 Å². The molecule has 110 valence electrons. The number of hydrogen-bond acceptors (Lipinski definition) is 7. The van der Waals surface area contributed by atoms with E-state index in [9.17, 15) is 9.59 Å². The van der Waals surface area contributed by atoms with Crippen molar-refractivity contribution in [2.24, 2.45) is 0 Å². The van der Waals surface area contributed by atoms with Crippen LogP contribution in [0.4, 0.5) is 0 Å². The van der Waals surface area contributed by atoms with Crippen molar-refractivity contribution >= 4 is 23.6 Å². The van der Waals surface area contributed by atoms with Crippen LogP contribution in [0.15, 0.2) is 17.8 Å². The van der Waals surface area contributed by atoms with Crippen LogP contribution >= 0.6 is 11.3 Å². The largest absolute Gasteiger partial charge is 0.441 e. The number of ether oxygens (including phenoxy) is 1. The summed E-state index contributed by atoms with van der Waals surface area (Å²) in [4.78, 5) is 26.5. The number of carbonyl (C=O) groups is 2. The summed E-state index contributed by atoms with van der Waals surface area (Å²) >= 11 is 1.37. The maximum Gasteiger partial charge on any atom is 0.324 e. The van der Waals surface area contributed by atoms with Gasteiger partial charge in [0, 0.05) is 17.1 Å². The minimum Gasteiger partial charge on any atom is -0.441 e. The Balaban J connectivity index is 1.59. The fourth-order valence-corrected chi connectivity index (χ4v) is 2.87. The average molecular weight is 306 g/mol. The summed E-state index contributed by atoms with van der Waals surface area (Å²) in [6.07, 6.45) is 5.89. The van der Waals surface area contributed by atoms with Crippen LogP contribution < -0.4 is 5.32 Å². The zero-order chi connectivity index (χ0) is 14.7. The summed E-state index contributed by atoms with van der Waals surface area (Å²) in [5, 5.41) is 9.61. The second-order valence-corrected chi connectivity index (χ2v) is 5.56. The van der Waals surface area contributed by atoms with Gasteiger partial charge in [0.15, 0.2) is 13.0 Å². The Bertz CT molecular complexity index is 645. The highest BCUT2D eigenvalue weighted by Gasteiger charge is 2.23. The van der Waals surface area contributed by atoms with E-state index in [1.54, 1.807) is 17.8 Å². The summed E-state index contributed by atoms with van der Waals surface area (Å²) < 4.78 is 6.75. The lowest BCUT2D eigenvalue weighted by Crippen LogP contribution is -2.32. The van der Waals surface area contributed by atoms with Gasteiger partial charge in [-0.2, -0.15) is 5.10 Å². The van der Waals surface area contributed by atoms with E-state index >= 15 is 0 Å². The molecule has 1 N–H and O–H groups in total. The molecule has 0 aromatic carbocycles. The first-order valence-corrected chi connectivity index (χ1v) is 7.48. The van der Waals surface area contributed by atoms with Crippen LogP contribution in [0.5, 0.6) is 0 Å². The van der Waals surface area contributed by atoms with Crippen molar-refractivity contribution in [2.45, 2.75) is 25.6 Å². The van der Waals surface area contributed by atoms with Gasteiger partial charge in [-0.25, -0.2) is 9.67 Å². The lowest BCUT2D eigenvalue weighted by molar-refractivity contribution is -0.150. The monoisotopic (exact) mass is 306 g/mol. The Morgan fingerprint density at radius 1 is 1.62 bits per heavy atom. The molecule has 0 bridgehead atoms. The Morgan fingerprint density at radius 3 is 3.24 bits per heavy atom. The molecule has 1 unspecified atom stereocenters. The van der Waals surface area contributed by atoms with Crippen LogP contribution in [0.3, 0.4) is 0 Å². The Morgan fingerprint density at radius 2 is 2.52 bits per heavy atom. The predicted octanol–water partition coefficient (Wildman–Crippen LogP) is 1.07. The van der Waals surface area contributed by atoms with Gasteiger partial charge in [0.1, 0.15) is 16.7 Å². The van der Waals surface area contributed by atoms with Crippen molar-refractivity contribution in [3.8, 4) is 10.6 Å². The van der Waals surface area contributed by atoms with Gasteiger partial charge in [-0.15, -0.1) is 11.3 Å². The van der Waals surface area contributed by atoms with E-state index in [1.807, 2.05) is 0 Å². The molecule has 1 aliphatic heterocycles. The highest BCUT2D eigenvalue weighted by molar-refractivity contribution is 7.13. The van der Waals surface area contributed by atoms with E-state index in [1.165, 1.54) is 16.0 Å². The minimum atomic E-state index is -0.248. The van der Waals surface area contributed by atoms with Gasteiger partial charge < -0.3 is 10.1 Å². The van der Waals surface area contributed by atoms with Gasteiger partial charge in [-0.05, 0) is 19.4 Å². The maximum atomic E-state index is 11.8. The molecular weight excluding hydrogens is 292 g/mol. The molecule has 0 aliphatic carbocycles. The zero-order valence-corrected chi connectivity index (χ0v) is 12.0. The molecule has 1 aliphatic rings. The molecule has 0 spiro atoms. The molecule has 3 rings (SSSR count). The molecule has 8 heteroatoms. The van der Waals surface area contributed by atoms with Crippen LogP contribution in [-0.2, 0) is 16.3 Å². The van der Waals surface area contributed by atoms with Gasteiger partial charge >= 0.3 is 5.97 Å². The lowest BCUT2D eigenvalue weighted by Gasteiger charge is -2.09. The molecule has 3 heterocycles. The minimum absolute atomic E-state index is 0.0723. The number of aldehydes is 1. The van der Waals surface area contributed by atoms with Gasteiger partial charge in [0.2, 0.25) is 0 Å². The topological polar surface area (TPSA) is 86.1 Å². The molecule has 0 saturated carbocycles. The molecule has 1 atom stereocenters. The number of rotatable bonds is 5. The van der Waals surface area contributed by atoms with E-state index in [0.717, 1.165) is 24.9 Å². The SMILES string of the molecule is O=Cc1csc(-c2cnn(COC(=O)C3CCCN3)c2)n1. The number of carbonyl (C=O) groups excluding carboxylic acids is 2. The fourth-order valence-electron chi connectivity index (χ4n) is 2.13. The van der Waals surface area contributed by atoms with E-state index in [4.69, 9.17) is 4.74 Å². The first-order valence-electron chi connectivity index (χ1n) is 6.60. The molecular formula is C13H14N4O3S. The average Bonchev–Trinajstić information content (AvgIpc) is 3.24. The van der Waals surface area contributed by atoms with Gasteiger partial charge in [0.05, 0.1) is 6.20 Å². The van der Waals surface area contributed by atoms with Gasteiger partial charge in [-0.1, -0.05) is 0 Å². The number of hydrogen-bond donors (Lipinski definition) is 1. The third-order valence-corrected chi connectivity index (χ3v) is 4.12. The Labute approximate surface area is 124 Å². The van der Waals surface area contributed by atoms with Crippen molar-refractivity contribution < 1.29 is 14.3 Å². The van der Waals surface area contributed by atoms with Crippen LogP contribution in [0.2, 0.25) is 0 Å². The normalized spacial score (nSPS) is 17.8. The quantitative estimate of drug-likeness (QED) is 0.657. The first-order chi connectivity index (χ1) is 10.3. The number of nitrogens with zero attached hydrogens (tertiary/aromatic N) is 3. The predicted molar refractivity (Wildman–Crippen MR) is 75.8 cm³/mol. The number of nitrogens with one attached hydrogen (secondary N) is 1. The summed E-state index contributed by atoms with van der Waals surface area (Å²) in [6.45, 7) is 0.928. The molecule has 2 aromatic rings. The molecule has 1 saturated heterocycles. The maximum absolute atomic E-state index is 11.8. The molecule has 0 radical (unpaired) electrons. The lowest BCUT2D eigenvalue weighted by atomic mass is 10.2. The van der Waals surface area contributed by atoms with Crippen LogP contribution in [0, 0.1) is 0 Å². The van der Waals surface area contributed by atoms with Crippen molar-refractivity contribution in [2.75, 3.05) is 6.54 Å². The van der Waals surface area contributed by atoms with E-state index in [-0.39, 0.29) is 18.7 Å². The van der Waals surface area contributed by atoms with Crippen LogP contribution in [0.25, 0.3) is 10.6 Å². The standard InChI is InChI=1S/C13H14N4O3S/c18-6-10-7-21-12(16-10)9-4-15-17(5-9)8-20-13(19)11-2-1-3-14-11/h4-7,11,14H,1-3,8H2. The fraction of sp³-hybridized carbons (Fsp3) is 0.385. The molecule has 7 nitrogen and oxygen atoms in total. The Kier molecular flexibility index (Phi) is 4.07. The van der Waals surface area contributed by atoms with Gasteiger partial charge in [0.25, 0.3) is 0 Å². The van der Waals surface area contributed by atoms with Crippen molar-refractivity contribution in [1.82, 2.24) is 20.1 Å². The number of thiazole rings is 1. The smallest absolute Gasteiger partial charge is 0.324 e. The van der Waals surface area contributed by atoms with Crippen LogP contribution in [0.1, 0.15) is 23.3 Å². The highest BCUT2D eigenvalue weighted by Crippen LogP contribution is 2.22. The van der Waals surface area contributed by atoms with Crippen molar-refractivity contribution in [1.29, 1.82) is 0 Å². The second kappa shape index (κ2) is 6.15. The summed E-state index contributed by atoms with van der Waals surface area (Å²) in [7, 11) is 0. The summed E-state index contributed by atoms with van der Waals surface area (Å²) in [5.74, 6) is -0.248. The van der Waals surface area contributed by atoms with E-state index in [2.05, 4.69) is 15.4 Å². The number of aromatic nitrogens is 3. The first kappa shape index (κ1) is 13.9. The highest BCUT2D eigenvalue weighted by atomic mass is 32.1. The summed E-state index contributed by atoms with van der Waals surface area (Å²) in [6, 6.07) is -0.200. The molecule has 1 fully saturated rings. The zero-order valence-electron chi connectivity index (χ0n) is 11.2. The molecule has 0 amide bonds. The Hall–Kier alpha value is -2.06. The van der Waals surface area contributed by atoms with Crippen molar-refractivity contribution in [3.05, 3.63) is 23.5 Å². The van der Waals surface area contributed by atoms with Gasteiger partial charge in [-0.3, -0.25) is 9.59 Å². The summed E-state index contributed by atoms with van der Waals surface area (Å²) in [5.41, 5.74) is 1.20. The third kappa shape index (κ3) is 3.17. The second-order valence-electron chi connectivity index (χ2n) is 4.71. The third-order valence-electron chi connectivity index (χ3n) is 3.21. The van der Waals surface area contributed by atoms with Crippen LogP contribution in [-0.4, -0.2) is 39.6 Å². The molecule has 2 aromatic heterocycles. The number of esters is 1. The molecule has 21 heavy (non-hydrogen) atoms. The van der Waals surface area contributed by atoms with Crippen molar-refractivity contribution in [3.63, 3.8) is 0 Å².